The molecule has 0 spiro atoms. The van der Waals surface area contributed by atoms with Crippen LogP contribution in [0.1, 0.15) is 55.2 Å². The van der Waals surface area contributed by atoms with Gasteiger partial charge in [0.05, 0.1) is 11.7 Å². The highest BCUT2D eigenvalue weighted by Gasteiger charge is 2.38. The predicted octanol–water partition coefficient (Wildman–Crippen LogP) is 3.95. The van der Waals surface area contributed by atoms with Gasteiger partial charge in [0.15, 0.2) is 0 Å². The Kier molecular flexibility index (Phi) is 5.22. The van der Waals surface area contributed by atoms with E-state index >= 15 is 0 Å². The van der Waals surface area contributed by atoms with Crippen LogP contribution in [0.3, 0.4) is 0 Å². The molecule has 0 amide bonds. The number of ether oxygens (including phenoxy) is 1. The molecule has 1 aromatic rings. The monoisotopic (exact) mass is 276 g/mol. The third kappa shape index (κ3) is 3.42. The van der Waals surface area contributed by atoms with Crippen LogP contribution in [0.5, 0.6) is 0 Å². The van der Waals surface area contributed by atoms with Crippen molar-refractivity contribution in [2.24, 2.45) is 0 Å². The number of methoxy groups -OCH3 is 1. The fraction of sp³-hybridized carbons (Fsp3) is 0.667. The molecule has 20 heavy (non-hydrogen) atoms. The summed E-state index contributed by atoms with van der Waals surface area (Å²) < 4.78 is 5.80. The summed E-state index contributed by atoms with van der Waals surface area (Å²) in [4.78, 5) is 0. The Morgan fingerprint density at radius 2 is 1.75 bits per heavy atom. The molecule has 2 rings (SSSR count). The van der Waals surface area contributed by atoms with E-state index in [9.17, 15) is 5.11 Å². The zero-order valence-electron chi connectivity index (χ0n) is 13.1. The van der Waals surface area contributed by atoms with Gasteiger partial charge in [-0.15, -0.1) is 0 Å². The lowest BCUT2D eigenvalue weighted by Crippen LogP contribution is -2.45. The van der Waals surface area contributed by atoms with E-state index in [-0.39, 0.29) is 5.60 Å². The van der Waals surface area contributed by atoms with Crippen LogP contribution in [-0.4, -0.2) is 23.9 Å². The zero-order chi connectivity index (χ0) is 14.6. The van der Waals surface area contributed by atoms with Gasteiger partial charge in [-0.25, -0.2) is 0 Å². The minimum atomic E-state index is -0.410. The van der Waals surface area contributed by atoms with Crippen molar-refractivity contribution in [1.82, 2.24) is 0 Å². The van der Waals surface area contributed by atoms with E-state index in [0.717, 1.165) is 25.7 Å². The molecule has 0 heterocycles. The van der Waals surface area contributed by atoms with E-state index in [2.05, 4.69) is 32.0 Å². The quantitative estimate of drug-likeness (QED) is 0.844. The lowest BCUT2D eigenvalue weighted by atomic mass is 9.84. The molecule has 2 nitrogen and oxygen atoms in total. The normalized spacial score (nSPS) is 20.4. The third-order valence-electron chi connectivity index (χ3n) is 4.96. The van der Waals surface area contributed by atoms with Crippen molar-refractivity contribution in [3.63, 3.8) is 0 Å². The molecule has 1 atom stereocenters. The Morgan fingerprint density at radius 3 is 2.30 bits per heavy atom. The summed E-state index contributed by atoms with van der Waals surface area (Å²) in [6.07, 6.45) is 7.10. The fourth-order valence-corrected chi connectivity index (χ4v) is 3.34. The number of benzene rings is 1. The molecule has 0 aromatic heterocycles. The van der Waals surface area contributed by atoms with Crippen molar-refractivity contribution in [3.8, 4) is 0 Å². The van der Waals surface area contributed by atoms with Gasteiger partial charge in [-0.3, -0.25) is 0 Å². The van der Waals surface area contributed by atoms with Gasteiger partial charge in [0, 0.05) is 13.5 Å². The van der Waals surface area contributed by atoms with Crippen molar-refractivity contribution < 1.29 is 9.84 Å². The van der Waals surface area contributed by atoms with Crippen molar-refractivity contribution in [2.75, 3.05) is 7.11 Å². The van der Waals surface area contributed by atoms with Gasteiger partial charge in [-0.05, 0) is 43.4 Å². The number of rotatable bonds is 4. The van der Waals surface area contributed by atoms with Crippen LogP contribution in [0.25, 0.3) is 0 Å². The van der Waals surface area contributed by atoms with Crippen LogP contribution < -0.4 is 0 Å². The van der Waals surface area contributed by atoms with E-state index < -0.39 is 6.10 Å². The number of aliphatic hydroxyl groups is 1. The lowest BCUT2D eigenvalue weighted by molar-refractivity contribution is -0.111. The average Bonchev–Trinajstić information content (AvgIpc) is 2.69. The van der Waals surface area contributed by atoms with Crippen molar-refractivity contribution >= 4 is 0 Å². The summed E-state index contributed by atoms with van der Waals surface area (Å²) in [6.45, 7) is 4.25. The lowest BCUT2D eigenvalue weighted by Gasteiger charge is -2.36. The second-order valence-corrected chi connectivity index (χ2v) is 6.32. The molecule has 0 aliphatic heterocycles. The smallest absolute Gasteiger partial charge is 0.0939 e. The Labute approximate surface area is 123 Å². The first-order valence-electron chi connectivity index (χ1n) is 7.87. The Bertz CT molecular complexity index is 431. The summed E-state index contributed by atoms with van der Waals surface area (Å²) in [5.41, 5.74) is 3.47. The highest BCUT2D eigenvalue weighted by Crippen LogP contribution is 2.34. The molecule has 112 valence electrons. The first-order chi connectivity index (χ1) is 9.57. The van der Waals surface area contributed by atoms with Crippen LogP contribution in [0.2, 0.25) is 0 Å². The van der Waals surface area contributed by atoms with E-state index in [0.29, 0.717) is 6.42 Å². The summed E-state index contributed by atoms with van der Waals surface area (Å²) in [7, 11) is 1.76. The minimum Gasteiger partial charge on any atom is -0.390 e. The number of aryl methyl sites for hydroxylation is 2. The third-order valence-corrected chi connectivity index (χ3v) is 4.96. The first kappa shape index (κ1) is 15.5. The molecule has 1 N–H and O–H groups in total. The van der Waals surface area contributed by atoms with Crippen LogP contribution in [0.4, 0.5) is 0 Å². The molecular formula is C18H28O2. The summed E-state index contributed by atoms with van der Waals surface area (Å²) in [5, 5.41) is 10.7. The van der Waals surface area contributed by atoms with E-state index in [1.165, 1.54) is 29.5 Å². The molecule has 1 fully saturated rings. The molecule has 0 bridgehead atoms. The van der Waals surface area contributed by atoms with E-state index in [4.69, 9.17) is 4.74 Å². The average molecular weight is 276 g/mol. The van der Waals surface area contributed by atoms with Crippen LogP contribution in [0.15, 0.2) is 18.2 Å². The number of hydrogen-bond acceptors (Lipinski definition) is 2. The SMILES string of the molecule is COC1(C(O)Cc2ccc(C)c(C)c2)CCCCCC1. The molecule has 0 radical (unpaired) electrons. The van der Waals surface area contributed by atoms with Gasteiger partial charge in [-0.1, -0.05) is 43.9 Å². The number of hydrogen-bond donors (Lipinski definition) is 1. The van der Waals surface area contributed by atoms with Crippen molar-refractivity contribution in [2.45, 2.75) is 70.5 Å². The molecule has 2 heteroatoms. The maximum absolute atomic E-state index is 10.7. The van der Waals surface area contributed by atoms with Gasteiger partial charge >= 0.3 is 0 Å². The maximum atomic E-state index is 10.7. The van der Waals surface area contributed by atoms with Crippen LogP contribution in [0, 0.1) is 13.8 Å². The molecule has 1 saturated carbocycles. The highest BCUT2D eigenvalue weighted by molar-refractivity contribution is 5.30. The molecule has 0 saturated heterocycles. The van der Waals surface area contributed by atoms with Gasteiger partial charge in [-0.2, -0.15) is 0 Å². The predicted molar refractivity (Wildman–Crippen MR) is 83.1 cm³/mol. The van der Waals surface area contributed by atoms with Crippen LogP contribution >= 0.6 is 0 Å². The number of aliphatic hydroxyl groups excluding tert-OH is 1. The standard InChI is InChI=1S/C18H28O2/c1-14-8-9-16(12-15(14)2)13-17(19)18(20-3)10-6-4-5-7-11-18/h8-9,12,17,19H,4-7,10-11,13H2,1-3H3. The van der Waals surface area contributed by atoms with Crippen molar-refractivity contribution in [3.05, 3.63) is 34.9 Å². The Balaban J connectivity index is 2.11. The zero-order valence-corrected chi connectivity index (χ0v) is 13.1. The first-order valence-corrected chi connectivity index (χ1v) is 7.87. The highest BCUT2D eigenvalue weighted by atomic mass is 16.5. The molecule has 1 unspecified atom stereocenters. The van der Waals surface area contributed by atoms with Crippen molar-refractivity contribution in [1.29, 1.82) is 0 Å². The molecular weight excluding hydrogens is 248 g/mol. The van der Waals surface area contributed by atoms with Gasteiger partial charge < -0.3 is 9.84 Å². The minimum absolute atomic E-state index is 0.338. The fourth-order valence-electron chi connectivity index (χ4n) is 3.34. The Morgan fingerprint density at radius 1 is 1.10 bits per heavy atom. The second-order valence-electron chi connectivity index (χ2n) is 6.32. The largest absolute Gasteiger partial charge is 0.390 e. The summed E-state index contributed by atoms with van der Waals surface area (Å²) >= 11 is 0. The molecule has 1 aromatic carbocycles. The van der Waals surface area contributed by atoms with E-state index in [1.807, 2.05) is 0 Å². The molecule has 1 aliphatic carbocycles. The van der Waals surface area contributed by atoms with Crippen LogP contribution in [-0.2, 0) is 11.2 Å². The molecule has 1 aliphatic rings. The Hall–Kier alpha value is -0.860. The topological polar surface area (TPSA) is 29.5 Å². The summed E-state index contributed by atoms with van der Waals surface area (Å²) in [5.74, 6) is 0. The second kappa shape index (κ2) is 6.73. The van der Waals surface area contributed by atoms with E-state index in [1.54, 1.807) is 7.11 Å². The summed E-state index contributed by atoms with van der Waals surface area (Å²) in [6, 6.07) is 6.47. The maximum Gasteiger partial charge on any atom is 0.0939 e. The van der Waals surface area contributed by atoms with Gasteiger partial charge in [0.1, 0.15) is 0 Å². The van der Waals surface area contributed by atoms with Gasteiger partial charge in [0.2, 0.25) is 0 Å². The van der Waals surface area contributed by atoms with Gasteiger partial charge in [0.25, 0.3) is 0 Å².